The molecule has 0 atom stereocenters. The van der Waals surface area contributed by atoms with Gasteiger partial charge in [0.2, 0.25) is 0 Å². The van der Waals surface area contributed by atoms with Crippen LogP contribution in [0, 0.1) is 13.8 Å². The van der Waals surface area contributed by atoms with Crippen molar-refractivity contribution in [1.82, 2.24) is 0 Å². The standard InChI is InChI=1S/C16H16O3/c1-10-4-5-11(2)14(8-10)12-6-7-13(16(17)18)15(9-12)19-3/h4-9H,1-3H3,(H,17,18). The molecule has 0 bridgehead atoms. The Morgan fingerprint density at radius 2 is 1.84 bits per heavy atom. The minimum absolute atomic E-state index is 0.177. The SMILES string of the molecule is COc1cc(-c2cc(C)ccc2C)ccc1C(=O)O. The van der Waals surface area contributed by atoms with Crippen LogP contribution in [0.4, 0.5) is 0 Å². The third-order valence-corrected chi connectivity index (χ3v) is 3.14. The van der Waals surface area contributed by atoms with Gasteiger partial charge in [0.15, 0.2) is 0 Å². The zero-order valence-corrected chi connectivity index (χ0v) is 11.2. The zero-order valence-electron chi connectivity index (χ0n) is 11.2. The lowest BCUT2D eigenvalue weighted by Gasteiger charge is -2.11. The molecule has 2 rings (SSSR count). The van der Waals surface area contributed by atoms with Crippen molar-refractivity contribution in [2.45, 2.75) is 13.8 Å². The van der Waals surface area contributed by atoms with Crippen LogP contribution < -0.4 is 4.74 Å². The second-order valence-electron chi connectivity index (χ2n) is 4.54. The van der Waals surface area contributed by atoms with Crippen molar-refractivity contribution in [3.8, 4) is 16.9 Å². The van der Waals surface area contributed by atoms with E-state index in [-0.39, 0.29) is 5.56 Å². The third-order valence-electron chi connectivity index (χ3n) is 3.14. The Balaban J connectivity index is 2.57. The van der Waals surface area contributed by atoms with Crippen LogP contribution >= 0.6 is 0 Å². The molecule has 0 spiro atoms. The second-order valence-corrected chi connectivity index (χ2v) is 4.54. The maximum atomic E-state index is 11.1. The van der Waals surface area contributed by atoms with Gasteiger partial charge in [0.05, 0.1) is 7.11 Å². The molecular weight excluding hydrogens is 240 g/mol. The molecule has 3 nitrogen and oxygen atoms in total. The van der Waals surface area contributed by atoms with E-state index >= 15 is 0 Å². The Morgan fingerprint density at radius 1 is 1.11 bits per heavy atom. The smallest absolute Gasteiger partial charge is 0.339 e. The summed E-state index contributed by atoms with van der Waals surface area (Å²) < 4.78 is 5.16. The fourth-order valence-electron chi connectivity index (χ4n) is 2.08. The van der Waals surface area contributed by atoms with E-state index in [0.717, 1.165) is 16.7 Å². The second kappa shape index (κ2) is 5.14. The van der Waals surface area contributed by atoms with Crippen LogP contribution in [0.1, 0.15) is 21.5 Å². The first-order valence-corrected chi connectivity index (χ1v) is 6.02. The molecule has 0 aliphatic carbocycles. The topological polar surface area (TPSA) is 46.5 Å². The fraction of sp³-hybridized carbons (Fsp3) is 0.188. The monoisotopic (exact) mass is 256 g/mol. The number of benzene rings is 2. The lowest BCUT2D eigenvalue weighted by atomic mass is 9.97. The van der Waals surface area contributed by atoms with E-state index in [1.54, 1.807) is 12.1 Å². The summed E-state index contributed by atoms with van der Waals surface area (Å²) in [4.78, 5) is 11.1. The first-order valence-electron chi connectivity index (χ1n) is 6.02. The summed E-state index contributed by atoms with van der Waals surface area (Å²) >= 11 is 0. The maximum Gasteiger partial charge on any atom is 0.339 e. The van der Waals surface area contributed by atoms with Crippen LogP contribution in [0.2, 0.25) is 0 Å². The molecule has 0 saturated heterocycles. The van der Waals surface area contributed by atoms with Gasteiger partial charge >= 0.3 is 5.97 Å². The average Bonchev–Trinajstić information content (AvgIpc) is 2.40. The van der Waals surface area contributed by atoms with Crippen LogP contribution in [-0.2, 0) is 0 Å². The minimum Gasteiger partial charge on any atom is -0.496 e. The van der Waals surface area contributed by atoms with Crippen LogP contribution in [0.15, 0.2) is 36.4 Å². The first-order chi connectivity index (χ1) is 9.02. The van der Waals surface area contributed by atoms with Gasteiger partial charge in [0.25, 0.3) is 0 Å². The van der Waals surface area contributed by atoms with Gasteiger partial charge in [-0.25, -0.2) is 4.79 Å². The zero-order chi connectivity index (χ0) is 14.0. The summed E-state index contributed by atoms with van der Waals surface area (Å²) in [7, 11) is 1.48. The number of aromatic carboxylic acids is 1. The third kappa shape index (κ3) is 2.60. The first kappa shape index (κ1) is 13.1. The van der Waals surface area contributed by atoms with Gasteiger partial charge in [0.1, 0.15) is 11.3 Å². The number of carbonyl (C=O) groups is 1. The molecule has 0 fully saturated rings. The summed E-state index contributed by atoms with van der Waals surface area (Å²) in [6.07, 6.45) is 0. The number of rotatable bonds is 3. The number of hydrogen-bond donors (Lipinski definition) is 1. The molecule has 98 valence electrons. The van der Waals surface area contributed by atoms with Gasteiger partial charge in [-0.2, -0.15) is 0 Å². The Kier molecular flexibility index (Phi) is 3.56. The molecule has 2 aromatic carbocycles. The van der Waals surface area contributed by atoms with Crippen LogP contribution in [0.25, 0.3) is 11.1 Å². The molecular formula is C16H16O3. The van der Waals surface area contributed by atoms with E-state index in [4.69, 9.17) is 9.84 Å². The number of methoxy groups -OCH3 is 1. The molecule has 0 saturated carbocycles. The van der Waals surface area contributed by atoms with E-state index in [0.29, 0.717) is 5.75 Å². The number of carboxylic acid groups (broad SMARTS) is 1. The van der Waals surface area contributed by atoms with E-state index in [9.17, 15) is 4.79 Å². The van der Waals surface area contributed by atoms with Crippen LogP contribution in [-0.4, -0.2) is 18.2 Å². The summed E-state index contributed by atoms with van der Waals surface area (Å²) in [5.74, 6) is -0.602. The van der Waals surface area contributed by atoms with Crippen molar-refractivity contribution in [3.05, 3.63) is 53.1 Å². The van der Waals surface area contributed by atoms with Crippen molar-refractivity contribution in [2.75, 3.05) is 7.11 Å². The van der Waals surface area contributed by atoms with Gasteiger partial charge in [0, 0.05) is 0 Å². The normalized spacial score (nSPS) is 10.3. The molecule has 0 radical (unpaired) electrons. The predicted octanol–water partition coefficient (Wildman–Crippen LogP) is 3.68. The quantitative estimate of drug-likeness (QED) is 0.911. The number of aryl methyl sites for hydroxylation is 2. The van der Waals surface area contributed by atoms with Gasteiger partial charge in [-0.15, -0.1) is 0 Å². The van der Waals surface area contributed by atoms with Crippen molar-refractivity contribution < 1.29 is 14.6 Å². The molecule has 2 aromatic rings. The number of carboxylic acids is 1. The lowest BCUT2D eigenvalue weighted by molar-refractivity contribution is 0.0693. The molecule has 0 amide bonds. The van der Waals surface area contributed by atoms with E-state index in [2.05, 4.69) is 18.2 Å². The molecule has 0 aliphatic rings. The van der Waals surface area contributed by atoms with E-state index in [1.165, 1.54) is 12.7 Å². The highest BCUT2D eigenvalue weighted by molar-refractivity contribution is 5.92. The summed E-state index contributed by atoms with van der Waals surface area (Å²) in [6.45, 7) is 4.07. The van der Waals surface area contributed by atoms with Crippen molar-refractivity contribution in [1.29, 1.82) is 0 Å². The van der Waals surface area contributed by atoms with Gasteiger partial charge in [-0.3, -0.25) is 0 Å². The Bertz CT molecular complexity index is 630. The highest BCUT2D eigenvalue weighted by Crippen LogP contribution is 2.30. The fourth-order valence-corrected chi connectivity index (χ4v) is 2.08. The summed E-state index contributed by atoms with van der Waals surface area (Å²) in [5, 5.41) is 9.08. The predicted molar refractivity (Wildman–Crippen MR) is 74.9 cm³/mol. The largest absolute Gasteiger partial charge is 0.496 e. The van der Waals surface area contributed by atoms with E-state index < -0.39 is 5.97 Å². The minimum atomic E-state index is -0.982. The Labute approximate surface area is 112 Å². The van der Waals surface area contributed by atoms with Gasteiger partial charge in [-0.1, -0.05) is 29.8 Å². The molecule has 1 N–H and O–H groups in total. The Hall–Kier alpha value is -2.29. The molecule has 3 heteroatoms. The molecule has 0 aromatic heterocycles. The number of ether oxygens (including phenoxy) is 1. The van der Waals surface area contributed by atoms with Crippen LogP contribution in [0.3, 0.4) is 0 Å². The molecule has 0 heterocycles. The average molecular weight is 256 g/mol. The van der Waals surface area contributed by atoms with Gasteiger partial charge < -0.3 is 9.84 Å². The molecule has 0 aliphatic heterocycles. The van der Waals surface area contributed by atoms with E-state index in [1.807, 2.05) is 19.9 Å². The molecule has 0 unspecified atom stereocenters. The Morgan fingerprint density at radius 3 is 2.47 bits per heavy atom. The highest BCUT2D eigenvalue weighted by atomic mass is 16.5. The highest BCUT2D eigenvalue weighted by Gasteiger charge is 2.12. The van der Waals surface area contributed by atoms with Crippen molar-refractivity contribution >= 4 is 5.97 Å². The molecule has 19 heavy (non-hydrogen) atoms. The van der Waals surface area contributed by atoms with Crippen LogP contribution in [0.5, 0.6) is 5.75 Å². The number of hydrogen-bond acceptors (Lipinski definition) is 2. The van der Waals surface area contributed by atoms with Gasteiger partial charge in [-0.05, 0) is 42.7 Å². The summed E-state index contributed by atoms with van der Waals surface area (Å²) in [6, 6.07) is 11.4. The maximum absolute atomic E-state index is 11.1. The lowest BCUT2D eigenvalue weighted by Crippen LogP contribution is -2.00. The van der Waals surface area contributed by atoms with Crippen molar-refractivity contribution in [2.24, 2.45) is 0 Å². The summed E-state index contributed by atoms with van der Waals surface area (Å²) in [5.41, 5.74) is 4.55. The van der Waals surface area contributed by atoms with Crippen molar-refractivity contribution in [3.63, 3.8) is 0 Å².